The van der Waals surface area contributed by atoms with Crippen LogP contribution >= 0.6 is 0 Å². The van der Waals surface area contributed by atoms with Crippen molar-refractivity contribution in [2.45, 2.75) is 130 Å². The van der Waals surface area contributed by atoms with Crippen LogP contribution in [0.5, 0.6) is 0 Å². The van der Waals surface area contributed by atoms with Crippen LogP contribution in [0.25, 0.3) is 11.0 Å². The van der Waals surface area contributed by atoms with Gasteiger partial charge in [0.15, 0.2) is 5.69 Å². The zero-order valence-corrected chi connectivity index (χ0v) is 29.0. The van der Waals surface area contributed by atoms with Gasteiger partial charge in [0.25, 0.3) is 5.56 Å². The van der Waals surface area contributed by atoms with Gasteiger partial charge in [0, 0.05) is 31.1 Å². The van der Waals surface area contributed by atoms with E-state index in [-0.39, 0.29) is 30.1 Å². The number of benzene rings is 1. The van der Waals surface area contributed by atoms with Gasteiger partial charge in [0.05, 0.1) is 17.5 Å². The fraction of sp³-hybridized carbons (Fsp3) is 0.730. The number of likely N-dealkylation sites (N-methyl/N-ethyl adjacent to an activating group) is 1. The highest BCUT2D eigenvalue weighted by Gasteiger charge is 2.34. The topological polar surface area (TPSA) is 109 Å². The molecule has 2 bridgehead atoms. The molecule has 4 unspecified atom stereocenters. The molecule has 2 saturated heterocycles. The maximum Gasteiger partial charge on any atom is 0.303 e. The molecule has 3 aliphatic rings. The first-order valence-electron chi connectivity index (χ1n) is 18.1. The number of carbonyl (C=O) groups is 1. The molecule has 2 aromatic rings. The molecule has 1 aliphatic carbocycles. The number of carboxylic acids is 1. The first-order valence-corrected chi connectivity index (χ1v) is 18.1. The van der Waals surface area contributed by atoms with Crippen LogP contribution in [0.4, 0.5) is 0 Å². The van der Waals surface area contributed by atoms with Gasteiger partial charge in [0.2, 0.25) is 0 Å². The van der Waals surface area contributed by atoms with Crippen LogP contribution in [0.2, 0.25) is 0 Å². The molecule has 4 atom stereocenters. The highest BCUT2D eigenvalue weighted by molar-refractivity contribution is 6.00. The van der Waals surface area contributed by atoms with Crippen LogP contribution < -0.4 is 10.9 Å². The number of aliphatic carboxylic acids is 1. The fourth-order valence-corrected chi connectivity index (χ4v) is 7.94. The molecule has 256 valence electrons. The second-order valence-electron chi connectivity index (χ2n) is 14.3. The summed E-state index contributed by atoms with van der Waals surface area (Å²) in [6.07, 6.45) is 12.5. The molecule has 1 aromatic heterocycles. The third-order valence-electron chi connectivity index (χ3n) is 10.3. The summed E-state index contributed by atoms with van der Waals surface area (Å²) in [4.78, 5) is 37.7. The maximum atomic E-state index is 13.9. The molecule has 1 saturated carbocycles. The van der Waals surface area contributed by atoms with E-state index in [2.05, 4.69) is 55.0 Å². The molecule has 3 heterocycles. The minimum absolute atomic E-state index is 0.0648. The van der Waals surface area contributed by atoms with Crippen molar-refractivity contribution in [3.63, 3.8) is 0 Å². The number of nitrogens with zero attached hydrogens (tertiary/aromatic N) is 4. The van der Waals surface area contributed by atoms with E-state index in [1.165, 1.54) is 38.5 Å². The van der Waals surface area contributed by atoms with E-state index in [0.717, 1.165) is 62.0 Å². The van der Waals surface area contributed by atoms with Gasteiger partial charge in [-0.05, 0) is 81.5 Å². The first-order chi connectivity index (χ1) is 22.2. The molecule has 0 amide bonds. The summed E-state index contributed by atoms with van der Waals surface area (Å²) >= 11 is 0. The molecule has 9 heteroatoms. The number of fused-ring (bicyclic) bond motifs is 3. The average Bonchev–Trinajstić information content (AvgIpc) is 3.01. The van der Waals surface area contributed by atoms with Crippen molar-refractivity contribution in [2.24, 2.45) is 22.9 Å². The summed E-state index contributed by atoms with van der Waals surface area (Å²) < 4.78 is 1.88. The Bertz CT molecular complexity index is 1310. The van der Waals surface area contributed by atoms with Crippen LogP contribution in [0.1, 0.15) is 123 Å². The van der Waals surface area contributed by atoms with E-state index in [9.17, 15) is 14.7 Å². The van der Waals surface area contributed by atoms with Crippen LogP contribution in [0.3, 0.4) is 0 Å². The molecule has 46 heavy (non-hydrogen) atoms. The minimum Gasteiger partial charge on any atom is -0.481 e. The molecule has 0 radical (unpaired) electrons. The lowest BCUT2D eigenvalue weighted by molar-refractivity contribution is -0.136. The molecule has 5 rings (SSSR count). The second-order valence-corrected chi connectivity index (χ2v) is 14.3. The highest BCUT2D eigenvalue weighted by atomic mass is 16.6. The van der Waals surface area contributed by atoms with Crippen molar-refractivity contribution in [3.8, 4) is 0 Å². The Kier molecular flexibility index (Phi) is 14.1. The van der Waals surface area contributed by atoms with Gasteiger partial charge < -0.3 is 24.7 Å². The minimum atomic E-state index is -0.951. The number of piperidine rings is 2. The Labute approximate surface area is 276 Å². The zero-order chi connectivity index (χ0) is 33.1. The number of carboxylic acid groups (broad SMARTS) is 1. The SMILES string of the molecule is CC1CCCC(C)CC(C)C1.CCN(CC)CCO/N=C(\CCC(=O)O)c1nc2ccccc2n(C2CC3CCCC(C2)N3)c1=O. The first kappa shape index (κ1) is 36.1. The van der Waals surface area contributed by atoms with Crippen molar-refractivity contribution >= 4 is 22.7 Å². The van der Waals surface area contributed by atoms with E-state index < -0.39 is 5.97 Å². The molecular formula is C37H59N5O4. The number of hydrogen-bond acceptors (Lipinski definition) is 7. The number of para-hydroxylation sites is 2. The second kappa shape index (κ2) is 17.9. The van der Waals surface area contributed by atoms with Gasteiger partial charge in [-0.15, -0.1) is 0 Å². The lowest BCUT2D eigenvalue weighted by atomic mass is 9.82. The van der Waals surface area contributed by atoms with Crippen LogP contribution in [0.15, 0.2) is 34.2 Å². The van der Waals surface area contributed by atoms with E-state index in [4.69, 9.17) is 4.84 Å². The highest BCUT2D eigenvalue weighted by Crippen LogP contribution is 2.34. The largest absolute Gasteiger partial charge is 0.481 e. The molecule has 9 nitrogen and oxygen atoms in total. The quantitative estimate of drug-likeness (QED) is 0.155. The lowest BCUT2D eigenvalue weighted by Crippen LogP contribution is -2.50. The predicted molar refractivity (Wildman–Crippen MR) is 187 cm³/mol. The van der Waals surface area contributed by atoms with Crippen LogP contribution in [-0.2, 0) is 9.63 Å². The smallest absolute Gasteiger partial charge is 0.303 e. The summed E-state index contributed by atoms with van der Waals surface area (Å²) in [5.41, 5.74) is 1.79. The molecule has 3 fully saturated rings. The number of nitrogens with one attached hydrogen (secondary N) is 1. The standard InChI is InChI=1S/C26H37N5O4.C11H22/c1-3-30(4-2)14-15-35-29-22(12-13-24(32)33)25-26(34)31(23-11-6-5-10-21(23)28-25)20-16-18-8-7-9-19(17-20)27-18;1-9-5-4-6-10(2)8-11(3)7-9/h5-6,10-11,18-20,27H,3-4,7-9,12-17H2,1-2H3,(H,32,33);9-11H,4-8H2,1-3H3/b29-22+;. The van der Waals surface area contributed by atoms with E-state index in [1.807, 2.05) is 28.8 Å². The number of hydrogen-bond donors (Lipinski definition) is 2. The Hall–Kier alpha value is -2.78. The van der Waals surface area contributed by atoms with Crippen LogP contribution in [0, 0.1) is 17.8 Å². The Morgan fingerprint density at radius 1 is 0.957 bits per heavy atom. The van der Waals surface area contributed by atoms with Crippen molar-refractivity contribution in [3.05, 3.63) is 40.3 Å². The van der Waals surface area contributed by atoms with E-state index in [1.54, 1.807) is 0 Å². The summed E-state index contributed by atoms with van der Waals surface area (Å²) in [5.74, 6) is 1.99. The van der Waals surface area contributed by atoms with Gasteiger partial charge in [0.1, 0.15) is 12.3 Å². The lowest BCUT2D eigenvalue weighted by Gasteiger charge is -2.41. The van der Waals surface area contributed by atoms with Gasteiger partial charge in [-0.2, -0.15) is 0 Å². The zero-order valence-electron chi connectivity index (χ0n) is 29.0. The number of rotatable bonds is 11. The van der Waals surface area contributed by atoms with E-state index in [0.29, 0.717) is 36.5 Å². The normalized spacial score (nSPS) is 27.0. The Morgan fingerprint density at radius 2 is 1.59 bits per heavy atom. The average molecular weight is 638 g/mol. The van der Waals surface area contributed by atoms with Gasteiger partial charge in [-0.25, -0.2) is 4.98 Å². The Balaban J connectivity index is 0.000000369. The summed E-state index contributed by atoms with van der Waals surface area (Å²) in [6.45, 7) is 14.3. The molecule has 2 aliphatic heterocycles. The van der Waals surface area contributed by atoms with Crippen LogP contribution in [-0.4, -0.2) is 69.6 Å². The Morgan fingerprint density at radius 3 is 2.22 bits per heavy atom. The van der Waals surface area contributed by atoms with Crippen molar-refractivity contribution in [1.82, 2.24) is 19.8 Å². The van der Waals surface area contributed by atoms with Gasteiger partial charge in [-0.3, -0.25) is 9.59 Å². The van der Waals surface area contributed by atoms with Crippen molar-refractivity contribution < 1.29 is 14.7 Å². The molecule has 2 N–H and O–H groups in total. The third-order valence-corrected chi connectivity index (χ3v) is 10.3. The number of aromatic nitrogens is 2. The molecule has 0 spiro atoms. The van der Waals surface area contributed by atoms with Crippen molar-refractivity contribution in [1.29, 1.82) is 0 Å². The predicted octanol–water partition coefficient (Wildman–Crippen LogP) is 7.03. The summed E-state index contributed by atoms with van der Waals surface area (Å²) in [6, 6.07) is 8.57. The number of oxime groups is 1. The van der Waals surface area contributed by atoms with Crippen molar-refractivity contribution in [2.75, 3.05) is 26.2 Å². The van der Waals surface area contributed by atoms with Gasteiger partial charge in [-0.1, -0.05) is 77.6 Å². The summed E-state index contributed by atoms with van der Waals surface area (Å²) in [7, 11) is 0. The molecular weight excluding hydrogens is 578 g/mol. The maximum absolute atomic E-state index is 13.9. The molecule has 1 aromatic carbocycles. The van der Waals surface area contributed by atoms with E-state index >= 15 is 0 Å². The monoisotopic (exact) mass is 637 g/mol. The van der Waals surface area contributed by atoms with Gasteiger partial charge >= 0.3 is 5.97 Å². The third kappa shape index (κ3) is 10.4. The fourth-order valence-electron chi connectivity index (χ4n) is 7.94. The summed E-state index contributed by atoms with van der Waals surface area (Å²) in [5, 5.41) is 17.3.